The number of carbonyl (C=O) groups is 1. The lowest BCUT2D eigenvalue weighted by Gasteiger charge is -2.27. The van der Waals surface area contributed by atoms with Crippen molar-refractivity contribution in [1.29, 1.82) is 0 Å². The fourth-order valence-electron chi connectivity index (χ4n) is 1.92. The van der Waals surface area contributed by atoms with E-state index in [1.807, 2.05) is 0 Å². The maximum Gasteiger partial charge on any atom is 0.236 e. The normalized spacial score (nSPS) is 22.1. The zero-order valence-corrected chi connectivity index (χ0v) is 7.25. The second kappa shape index (κ2) is 4.42. The van der Waals surface area contributed by atoms with E-state index in [0.717, 1.165) is 12.8 Å². The van der Waals surface area contributed by atoms with Crippen LogP contribution in [0.25, 0.3) is 0 Å². The molecule has 70 valence electrons. The standard InChI is InChI=1S/C8H17N3O/c9-8(12)7(11-10)6-4-2-1-3-5-6/h6-7,11H,1-5,10H2,(H2,9,12). The van der Waals surface area contributed by atoms with Gasteiger partial charge in [-0.3, -0.25) is 10.6 Å². The van der Waals surface area contributed by atoms with Crippen molar-refractivity contribution in [1.82, 2.24) is 5.43 Å². The van der Waals surface area contributed by atoms with Gasteiger partial charge in [0.15, 0.2) is 0 Å². The van der Waals surface area contributed by atoms with Gasteiger partial charge in [-0.25, -0.2) is 5.43 Å². The second-order valence-corrected chi connectivity index (χ2v) is 3.44. The first-order valence-corrected chi connectivity index (χ1v) is 4.51. The highest BCUT2D eigenvalue weighted by molar-refractivity contribution is 5.80. The van der Waals surface area contributed by atoms with Crippen LogP contribution in [-0.4, -0.2) is 11.9 Å². The fourth-order valence-corrected chi connectivity index (χ4v) is 1.92. The van der Waals surface area contributed by atoms with Crippen LogP contribution in [0.3, 0.4) is 0 Å². The Morgan fingerprint density at radius 1 is 1.33 bits per heavy atom. The monoisotopic (exact) mass is 171 g/mol. The predicted molar refractivity (Wildman–Crippen MR) is 46.9 cm³/mol. The minimum atomic E-state index is -0.329. The summed E-state index contributed by atoms with van der Waals surface area (Å²) < 4.78 is 0. The first kappa shape index (κ1) is 9.48. The molecule has 1 aliphatic rings. The van der Waals surface area contributed by atoms with Gasteiger partial charge in [-0.1, -0.05) is 19.3 Å². The minimum absolute atomic E-state index is 0.328. The summed E-state index contributed by atoms with van der Waals surface area (Å²) >= 11 is 0. The van der Waals surface area contributed by atoms with Gasteiger partial charge < -0.3 is 5.73 Å². The van der Waals surface area contributed by atoms with Crippen LogP contribution >= 0.6 is 0 Å². The molecular weight excluding hydrogens is 154 g/mol. The topological polar surface area (TPSA) is 81.1 Å². The van der Waals surface area contributed by atoms with Crippen LogP contribution in [0.4, 0.5) is 0 Å². The molecule has 1 fully saturated rings. The summed E-state index contributed by atoms with van der Waals surface area (Å²) in [7, 11) is 0. The van der Waals surface area contributed by atoms with Crippen molar-refractivity contribution in [2.45, 2.75) is 38.1 Å². The van der Waals surface area contributed by atoms with E-state index in [4.69, 9.17) is 11.6 Å². The van der Waals surface area contributed by atoms with Gasteiger partial charge >= 0.3 is 0 Å². The van der Waals surface area contributed by atoms with Crippen LogP contribution in [-0.2, 0) is 4.79 Å². The van der Waals surface area contributed by atoms with Gasteiger partial charge in [0, 0.05) is 0 Å². The first-order valence-electron chi connectivity index (χ1n) is 4.51. The van der Waals surface area contributed by atoms with Crippen LogP contribution in [0.2, 0.25) is 0 Å². The number of primary amides is 1. The number of hydrogen-bond donors (Lipinski definition) is 3. The summed E-state index contributed by atoms with van der Waals surface area (Å²) in [6.07, 6.45) is 5.79. The molecule has 4 heteroatoms. The van der Waals surface area contributed by atoms with Crippen molar-refractivity contribution in [2.75, 3.05) is 0 Å². The summed E-state index contributed by atoms with van der Waals surface area (Å²) in [4.78, 5) is 10.9. The zero-order valence-electron chi connectivity index (χ0n) is 7.25. The summed E-state index contributed by atoms with van der Waals surface area (Å²) in [5, 5.41) is 0. The predicted octanol–water partition coefficient (Wildman–Crippen LogP) is -0.116. The van der Waals surface area contributed by atoms with E-state index >= 15 is 0 Å². The van der Waals surface area contributed by atoms with Gasteiger partial charge in [-0.2, -0.15) is 0 Å². The summed E-state index contributed by atoms with van der Waals surface area (Å²) in [5.41, 5.74) is 7.69. The summed E-state index contributed by atoms with van der Waals surface area (Å²) in [6.45, 7) is 0. The van der Waals surface area contributed by atoms with Crippen LogP contribution in [0.15, 0.2) is 0 Å². The molecule has 0 bridgehead atoms. The highest BCUT2D eigenvalue weighted by atomic mass is 16.1. The number of nitrogens with one attached hydrogen (secondary N) is 1. The van der Waals surface area contributed by atoms with Crippen LogP contribution in [0.5, 0.6) is 0 Å². The number of hydrazine groups is 1. The van der Waals surface area contributed by atoms with Crippen molar-refractivity contribution in [3.8, 4) is 0 Å². The number of hydrogen-bond acceptors (Lipinski definition) is 3. The van der Waals surface area contributed by atoms with E-state index < -0.39 is 0 Å². The molecule has 4 nitrogen and oxygen atoms in total. The second-order valence-electron chi connectivity index (χ2n) is 3.44. The molecule has 12 heavy (non-hydrogen) atoms. The maximum atomic E-state index is 10.9. The van der Waals surface area contributed by atoms with Crippen molar-refractivity contribution < 1.29 is 4.79 Å². The molecule has 1 unspecified atom stereocenters. The van der Waals surface area contributed by atoms with Crippen molar-refractivity contribution >= 4 is 5.91 Å². The Morgan fingerprint density at radius 3 is 2.33 bits per heavy atom. The Morgan fingerprint density at radius 2 is 1.92 bits per heavy atom. The third kappa shape index (κ3) is 2.19. The van der Waals surface area contributed by atoms with Crippen molar-refractivity contribution in [3.05, 3.63) is 0 Å². The van der Waals surface area contributed by atoms with E-state index in [1.54, 1.807) is 0 Å². The van der Waals surface area contributed by atoms with Gasteiger partial charge in [0.25, 0.3) is 0 Å². The van der Waals surface area contributed by atoms with E-state index in [9.17, 15) is 4.79 Å². The first-order chi connectivity index (χ1) is 5.75. The Bertz CT molecular complexity index is 154. The number of amides is 1. The van der Waals surface area contributed by atoms with Crippen LogP contribution < -0.4 is 17.0 Å². The molecule has 0 aromatic carbocycles. The molecule has 1 aliphatic carbocycles. The van der Waals surface area contributed by atoms with E-state index in [2.05, 4.69) is 5.43 Å². The SMILES string of the molecule is NNC(C(N)=O)C1CCCCC1. The van der Waals surface area contributed by atoms with Gasteiger partial charge in [-0.05, 0) is 18.8 Å². The third-order valence-corrected chi connectivity index (χ3v) is 2.61. The Labute approximate surface area is 72.6 Å². The maximum absolute atomic E-state index is 10.9. The lowest BCUT2D eigenvalue weighted by molar-refractivity contribution is -0.121. The lowest BCUT2D eigenvalue weighted by atomic mass is 9.84. The third-order valence-electron chi connectivity index (χ3n) is 2.61. The molecule has 0 spiro atoms. The molecule has 5 N–H and O–H groups in total. The minimum Gasteiger partial charge on any atom is -0.368 e. The van der Waals surface area contributed by atoms with Crippen LogP contribution in [0.1, 0.15) is 32.1 Å². The largest absolute Gasteiger partial charge is 0.368 e. The quantitative estimate of drug-likeness (QED) is 0.409. The molecule has 0 saturated heterocycles. The molecule has 0 aliphatic heterocycles. The summed E-state index contributed by atoms with van der Waals surface area (Å²) in [6, 6.07) is -0.328. The Kier molecular flexibility index (Phi) is 3.49. The molecular formula is C8H17N3O. The van der Waals surface area contributed by atoms with Gasteiger partial charge in [-0.15, -0.1) is 0 Å². The van der Waals surface area contributed by atoms with Gasteiger partial charge in [0.2, 0.25) is 5.91 Å². The molecule has 1 saturated carbocycles. The molecule has 1 atom stereocenters. The van der Waals surface area contributed by atoms with E-state index in [-0.39, 0.29) is 11.9 Å². The van der Waals surface area contributed by atoms with Crippen LogP contribution in [0, 0.1) is 5.92 Å². The molecule has 0 aromatic rings. The number of nitrogens with two attached hydrogens (primary N) is 2. The number of rotatable bonds is 3. The van der Waals surface area contributed by atoms with E-state index in [0.29, 0.717) is 5.92 Å². The molecule has 0 aromatic heterocycles. The zero-order chi connectivity index (χ0) is 8.97. The molecule has 1 rings (SSSR count). The van der Waals surface area contributed by atoms with E-state index in [1.165, 1.54) is 19.3 Å². The Balaban J connectivity index is 2.46. The van der Waals surface area contributed by atoms with Crippen molar-refractivity contribution in [2.24, 2.45) is 17.5 Å². The highest BCUT2D eigenvalue weighted by Gasteiger charge is 2.26. The van der Waals surface area contributed by atoms with Crippen molar-refractivity contribution in [3.63, 3.8) is 0 Å². The average molecular weight is 171 g/mol. The van der Waals surface area contributed by atoms with Gasteiger partial charge in [0.1, 0.15) is 6.04 Å². The lowest BCUT2D eigenvalue weighted by Crippen LogP contribution is -2.50. The molecule has 0 radical (unpaired) electrons. The number of carbonyl (C=O) groups excluding carboxylic acids is 1. The fraction of sp³-hybridized carbons (Fsp3) is 0.875. The summed E-state index contributed by atoms with van der Waals surface area (Å²) in [5.74, 6) is 5.27. The average Bonchev–Trinajstić information content (AvgIpc) is 2.07. The molecule has 1 amide bonds. The smallest absolute Gasteiger partial charge is 0.236 e. The van der Waals surface area contributed by atoms with Gasteiger partial charge in [0.05, 0.1) is 0 Å². The highest BCUT2D eigenvalue weighted by Crippen LogP contribution is 2.25. The molecule has 0 heterocycles. The Hall–Kier alpha value is -0.610.